The van der Waals surface area contributed by atoms with Crippen LogP contribution in [0.3, 0.4) is 0 Å². The van der Waals surface area contributed by atoms with Gasteiger partial charge in [-0.05, 0) is 44.0 Å². The molecule has 0 bridgehead atoms. The summed E-state index contributed by atoms with van der Waals surface area (Å²) in [5, 5.41) is 4.74. The highest BCUT2D eigenvalue weighted by molar-refractivity contribution is 9.11. The van der Waals surface area contributed by atoms with Gasteiger partial charge in [-0.2, -0.15) is 5.10 Å². The Morgan fingerprint density at radius 3 is 2.71 bits per heavy atom. The van der Waals surface area contributed by atoms with Crippen molar-refractivity contribution in [3.8, 4) is 5.82 Å². The standard InChI is InChI=1S/C8H4Br2ClN3/c9-6-4-7(10)14(13-6)8-5(11)2-1-3-12-8/h1-4H. The fraction of sp³-hybridized carbons (Fsp3) is 0. The number of nitrogens with zero attached hydrogens (tertiary/aromatic N) is 3. The molecule has 0 amide bonds. The van der Waals surface area contributed by atoms with Crippen LogP contribution in [0.25, 0.3) is 5.82 Å². The van der Waals surface area contributed by atoms with Gasteiger partial charge in [0.05, 0.1) is 5.02 Å². The minimum Gasteiger partial charge on any atom is -0.236 e. The Kier molecular flexibility index (Phi) is 2.90. The Balaban J connectivity index is 2.60. The van der Waals surface area contributed by atoms with E-state index in [-0.39, 0.29) is 0 Å². The summed E-state index contributed by atoms with van der Waals surface area (Å²) >= 11 is 12.6. The van der Waals surface area contributed by atoms with E-state index in [0.717, 1.165) is 9.21 Å². The number of hydrogen-bond donors (Lipinski definition) is 0. The fourth-order valence-corrected chi connectivity index (χ4v) is 2.36. The summed E-state index contributed by atoms with van der Waals surface area (Å²) in [6.07, 6.45) is 1.67. The predicted octanol–water partition coefficient (Wildman–Crippen LogP) is 3.45. The van der Waals surface area contributed by atoms with Crippen LogP contribution in [0.5, 0.6) is 0 Å². The molecule has 72 valence electrons. The van der Waals surface area contributed by atoms with Gasteiger partial charge >= 0.3 is 0 Å². The summed E-state index contributed by atoms with van der Waals surface area (Å²) in [5.74, 6) is 0.603. The second-order valence-electron chi connectivity index (χ2n) is 2.51. The monoisotopic (exact) mass is 335 g/mol. The van der Waals surface area contributed by atoms with Crippen LogP contribution < -0.4 is 0 Å². The van der Waals surface area contributed by atoms with Crippen LogP contribution >= 0.6 is 43.5 Å². The average Bonchev–Trinajstić information content (AvgIpc) is 2.46. The molecule has 3 nitrogen and oxygen atoms in total. The van der Waals surface area contributed by atoms with Crippen LogP contribution in [0.4, 0.5) is 0 Å². The largest absolute Gasteiger partial charge is 0.236 e. The van der Waals surface area contributed by atoms with Gasteiger partial charge in [0, 0.05) is 12.3 Å². The molecule has 2 aromatic rings. The van der Waals surface area contributed by atoms with E-state index in [1.54, 1.807) is 23.0 Å². The molecule has 0 unspecified atom stereocenters. The lowest BCUT2D eigenvalue weighted by Crippen LogP contribution is -2.00. The SMILES string of the molecule is Clc1cccnc1-n1nc(Br)cc1Br. The number of rotatable bonds is 1. The van der Waals surface area contributed by atoms with Crippen molar-refractivity contribution in [2.24, 2.45) is 0 Å². The molecule has 0 saturated carbocycles. The molecule has 0 atom stereocenters. The van der Waals surface area contributed by atoms with Crippen molar-refractivity contribution in [1.29, 1.82) is 0 Å². The van der Waals surface area contributed by atoms with Crippen LogP contribution in [-0.4, -0.2) is 14.8 Å². The van der Waals surface area contributed by atoms with E-state index in [0.29, 0.717) is 10.8 Å². The van der Waals surface area contributed by atoms with Gasteiger partial charge in [0.25, 0.3) is 0 Å². The number of halogens is 3. The fourth-order valence-electron chi connectivity index (χ4n) is 1.01. The Morgan fingerprint density at radius 2 is 2.14 bits per heavy atom. The highest BCUT2D eigenvalue weighted by Gasteiger charge is 2.09. The summed E-state index contributed by atoms with van der Waals surface area (Å²) in [4.78, 5) is 4.14. The minimum atomic E-state index is 0.559. The maximum absolute atomic E-state index is 5.98. The highest BCUT2D eigenvalue weighted by atomic mass is 79.9. The molecule has 2 heterocycles. The molecule has 0 spiro atoms. The van der Waals surface area contributed by atoms with Crippen molar-refractivity contribution in [2.75, 3.05) is 0 Å². The molecule has 0 saturated heterocycles. The van der Waals surface area contributed by atoms with Gasteiger partial charge in [-0.25, -0.2) is 9.67 Å². The van der Waals surface area contributed by atoms with Gasteiger partial charge in [-0.3, -0.25) is 0 Å². The number of aromatic nitrogens is 3. The number of pyridine rings is 1. The maximum Gasteiger partial charge on any atom is 0.173 e. The van der Waals surface area contributed by atoms with Crippen LogP contribution in [-0.2, 0) is 0 Å². The zero-order chi connectivity index (χ0) is 10.1. The summed E-state index contributed by atoms with van der Waals surface area (Å²) in [7, 11) is 0. The van der Waals surface area contributed by atoms with E-state index in [4.69, 9.17) is 11.6 Å². The second-order valence-corrected chi connectivity index (χ2v) is 4.54. The van der Waals surface area contributed by atoms with E-state index in [9.17, 15) is 0 Å². The zero-order valence-corrected chi connectivity index (χ0v) is 10.7. The molecule has 0 aliphatic heterocycles. The van der Waals surface area contributed by atoms with Crippen molar-refractivity contribution >= 4 is 43.5 Å². The lowest BCUT2D eigenvalue weighted by molar-refractivity contribution is 0.822. The summed E-state index contributed by atoms with van der Waals surface area (Å²) in [5.41, 5.74) is 0. The number of hydrogen-bond acceptors (Lipinski definition) is 2. The molecule has 2 aromatic heterocycles. The van der Waals surface area contributed by atoms with Crippen LogP contribution in [0.15, 0.2) is 33.6 Å². The summed E-state index contributed by atoms with van der Waals surface area (Å²) in [6, 6.07) is 5.37. The molecule has 14 heavy (non-hydrogen) atoms. The Bertz CT molecular complexity index is 469. The lowest BCUT2D eigenvalue weighted by atomic mass is 10.4. The van der Waals surface area contributed by atoms with Gasteiger partial charge in [-0.15, -0.1) is 0 Å². The van der Waals surface area contributed by atoms with E-state index in [1.807, 2.05) is 6.07 Å². The first kappa shape index (κ1) is 10.1. The molecular formula is C8H4Br2ClN3. The molecular weight excluding hydrogens is 333 g/mol. The first-order chi connectivity index (χ1) is 6.68. The minimum absolute atomic E-state index is 0.559. The third-order valence-corrected chi connectivity index (χ3v) is 2.82. The maximum atomic E-state index is 5.98. The van der Waals surface area contributed by atoms with Gasteiger partial charge in [-0.1, -0.05) is 11.6 Å². The first-order valence-electron chi connectivity index (χ1n) is 3.70. The third kappa shape index (κ3) is 1.85. The first-order valence-corrected chi connectivity index (χ1v) is 5.67. The second kappa shape index (κ2) is 4.00. The van der Waals surface area contributed by atoms with Crippen molar-refractivity contribution in [3.63, 3.8) is 0 Å². The van der Waals surface area contributed by atoms with Crippen LogP contribution in [0.2, 0.25) is 5.02 Å². The normalized spacial score (nSPS) is 10.5. The van der Waals surface area contributed by atoms with Crippen molar-refractivity contribution < 1.29 is 0 Å². The summed E-state index contributed by atoms with van der Waals surface area (Å²) in [6.45, 7) is 0. The molecule has 0 fully saturated rings. The molecule has 0 radical (unpaired) electrons. The Hall–Kier alpha value is -0.390. The molecule has 0 aromatic carbocycles. The third-order valence-electron chi connectivity index (χ3n) is 1.58. The molecule has 0 aliphatic carbocycles. The predicted molar refractivity (Wildman–Crippen MR) is 61.8 cm³/mol. The topological polar surface area (TPSA) is 30.7 Å². The van der Waals surface area contributed by atoms with Crippen molar-refractivity contribution in [1.82, 2.24) is 14.8 Å². The van der Waals surface area contributed by atoms with Gasteiger partial charge in [0.2, 0.25) is 0 Å². The molecule has 0 N–H and O–H groups in total. The quantitative estimate of drug-likeness (QED) is 0.798. The molecule has 2 rings (SSSR count). The van der Waals surface area contributed by atoms with Crippen molar-refractivity contribution in [2.45, 2.75) is 0 Å². The average molecular weight is 337 g/mol. The van der Waals surface area contributed by atoms with E-state index >= 15 is 0 Å². The highest BCUT2D eigenvalue weighted by Crippen LogP contribution is 2.23. The van der Waals surface area contributed by atoms with Gasteiger partial charge in [0.1, 0.15) is 9.21 Å². The molecule has 0 aliphatic rings. The van der Waals surface area contributed by atoms with Gasteiger partial charge < -0.3 is 0 Å². The van der Waals surface area contributed by atoms with E-state index in [1.165, 1.54) is 0 Å². The Labute approximate surface area is 102 Å². The zero-order valence-electron chi connectivity index (χ0n) is 6.78. The summed E-state index contributed by atoms with van der Waals surface area (Å²) < 4.78 is 3.14. The molecule has 6 heteroatoms. The van der Waals surface area contributed by atoms with Gasteiger partial charge in [0.15, 0.2) is 5.82 Å². The smallest absolute Gasteiger partial charge is 0.173 e. The van der Waals surface area contributed by atoms with Crippen LogP contribution in [0, 0.1) is 0 Å². The van der Waals surface area contributed by atoms with Crippen molar-refractivity contribution in [3.05, 3.63) is 38.6 Å². The van der Waals surface area contributed by atoms with Crippen LogP contribution in [0.1, 0.15) is 0 Å². The van der Waals surface area contributed by atoms with E-state index in [2.05, 4.69) is 41.9 Å². The van der Waals surface area contributed by atoms with E-state index < -0.39 is 0 Å². The lowest BCUT2D eigenvalue weighted by Gasteiger charge is -2.02. The Morgan fingerprint density at radius 1 is 1.36 bits per heavy atom.